The van der Waals surface area contributed by atoms with Gasteiger partial charge in [0.15, 0.2) is 0 Å². The molecule has 1 aromatic rings. The number of hydrogen-bond acceptors (Lipinski definition) is 3. The van der Waals surface area contributed by atoms with Crippen molar-refractivity contribution < 1.29 is 0 Å². The second kappa shape index (κ2) is 7.04. The SMILES string of the molecule is Cc1ccccc1CC(CN)CN1CCN(C)CC1. The Morgan fingerprint density at radius 2 is 1.84 bits per heavy atom. The Bertz CT molecular complexity index is 383. The Hall–Kier alpha value is -0.900. The quantitative estimate of drug-likeness (QED) is 0.868. The Morgan fingerprint density at radius 3 is 2.47 bits per heavy atom. The van der Waals surface area contributed by atoms with Crippen LogP contribution in [-0.2, 0) is 6.42 Å². The van der Waals surface area contributed by atoms with Crippen LogP contribution in [0.15, 0.2) is 24.3 Å². The molecule has 0 spiro atoms. The second-order valence-corrected chi connectivity index (χ2v) is 5.84. The zero-order chi connectivity index (χ0) is 13.7. The predicted octanol–water partition coefficient (Wildman–Crippen LogP) is 1.36. The van der Waals surface area contributed by atoms with Crippen molar-refractivity contribution in [2.24, 2.45) is 11.7 Å². The summed E-state index contributed by atoms with van der Waals surface area (Å²) in [7, 11) is 2.20. The van der Waals surface area contributed by atoms with Crippen LogP contribution in [0.1, 0.15) is 11.1 Å². The summed E-state index contributed by atoms with van der Waals surface area (Å²) < 4.78 is 0. The lowest BCUT2D eigenvalue weighted by Crippen LogP contribution is -2.47. The molecular weight excluding hydrogens is 234 g/mol. The molecule has 3 nitrogen and oxygen atoms in total. The van der Waals surface area contributed by atoms with Crippen LogP contribution in [0.25, 0.3) is 0 Å². The van der Waals surface area contributed by atoms with Crippen molar-refractivity contribution in [2.75, 3.05) is 46.3 Å². The Balaban J connectivity index is 1.88. The molecule has 2 rings (SSSR count). The molecule has 1 heterocycles. The fourth-order valence-corrected chi connectivity index (χ4v) is 2.77. The maximum absolute atomic E-state index is 5.98. The summed E-state index contributed by atoms with van der Waals surface area (Å²) in [6.07, 6.45) is 1.11. The largest absolute Gasteiger partial charge is 0.330 e. The molecule has 2 N–H and O–H groups in total. The summed E-state index contributed by atoms with van der Waals surface area (Å²) >= 11 is 0. The molecule has 19 heavy (non-hydrogen) atoms. The molecule has 1 aliphatic heterocycles. The number of hydrogen-bond donors (Lipinski definition) is 1. The van der Waals surface area contributed by atoms with Gasteiger partial charge in [-0.25, -0.2) is 0 Å². The van der Waals surface area contributed by atoms with Gasteiger partial charge in [0.05, 0.1) is 0 Å². The molecule has 0 radical (unpaired) electrons. The normalized spacial score (nSPS) is 19.5. The van der Waals surface area contributed by atoms with Crippen molar-refractivity contribution >= 4 is 0 Å². The van der Waals surface area contributed by atoms with E-state index in [1.54, 1.807) is 0 Å². The van der Waals surface area contributed by atoms with Gasteiger partial charge in [-0.2, -0.15) is 0 Å². The maximum Gasteiger partial charge on any atom is 0.0110 e. The van der Waals surface area contributed by atoms with Crippen molar-refractivity contribution in [1.82, 2.24) is 9.80 Å². The molecule has 0 amide bonds. The van der Waals surface area contributed by atoms with Gasteiger partial charge in [-0.1, -0.05) is 24.3 Å². The van der Waals surface area contributed by atoms with Gasteiger partial charge in [0.2, 0.25) is 0 Å². The van der Waals surface area contributed by atoms with E-state index >= 15 is 0 Å². The summed E-state index contributed by atoms with van der Waals surface area (Å²) in [5, 5.41) is 0. The molecule has 1 unspecified atom stereocenters. The van der Waals surface area contributed by atoms with Crippen LogP contribution in [0, 0.1) is 12.8 Å². The number of benzene rings is 1. The minimum atomic E-state index is 0.574. The van der Waals surface area contributed by atoms with E-state index in [2.05, 4.69) is 48.0 Å². The third-order valence-electron chi connectivity index (χ3n) is 4.22. The molecule has 1 fully saturated rings. The molecule has 1 atom stereocenters. The topological polar surface area (TPSA) is 32.5 Å². The van der Waals surface area contributed by atoms with Gasteiger partial charge in [-0.15, -0.1) is 0 Å². The van der Waals surface area contributed by atoms with Gasteiger partial charge in [0.1, 0.15) is 0 Å². The Kier molecular flexibility index (Phi) is 5.37. The summed E-state index contributed by atoms with van der Waals surface area (Å²) in [6, 6.07) is 8.67. The van der Waals surface area contributed by atoms with E-state index in [1.165, 1.54) is 37.3 Å². The van der Waals surface area contributed by atoms with E-state index in [1.807, 2.05) is 0 Å². The monoisotopic (exact) mass is 261 g/mol. The van der Waals surface area contributed by atoms with Crippen LogP contribution < -0.4 is 5.73 Å². The molecular formula is C16H27N3. The highest BCUT2D eigenvalue weighted by molar-refractivity contribution is 5.26. The van der Waals surface area contributed by atoms with Crippen LogP contribution in [0.4, 0.5) is 0 Å². The lowest BCUT2D eigenvalue weighted by atomic mass is 9.95. The fourth-order valence-electron chi connectivity index (χ4n) is 2.77. The highest BCUT2D eigenvalue weighted by atomic mass is 15.2. The van der Waals surface area contributed by atoms with Crippen LogP contribution in [0.5, 0.6) is 0 Å². The van der Waals surface area contributed by atoms with E-state index < -0.39 is 0 Å². The van der Waals surface area contributed by atoms with Crippen molar-refractivity contribution in [2.45, 2.75) is 13.3 Å². The fraction of sp³-hybridized carbons (Fsp3) is 0.625. The minimum absolute atomic E-state index is 0.574. The second-order valence-electron chi connectivity index (χ2n) is 5.84. The first-order chi connectivity index (χ1) is 9.19. The number of likely N-dealkylation sites (N-methyl/N-ethyl adjacent to an activating group) is 1. The number of rotatable bonds is 5. The van der Waals surface area contributed by atoms with Crippen LogP contribution in [0.2, 0.25) is 0 Å². The van der Waals surface area contributed by atoms with Crippen LogP contribution in [0.3, 0.4) is 0 Å². The third kappa shape index (κ3) is 4.30. The zero-order valence-electron chi connectivity index (χ0n) is 12.3. The predicted molar refractivity (Wildman–Crippen MR) is 81.4 cm³/mol. The van der Waals surface area contributed by atoms with Gasteiger partial charge in [-0.05, 0) is 44.0 Å². The summed E-state index contributed by atoms with van der Waals surface area (Å²) in [5.41, 5.74) is 8.82. The van der Waals surface area contributed by atoms with Crippen LogP contribution in [-0.4, -0.2) is 56.1 Å². The van der Waals surface area contributed by atoms with Crippen molar-refractivity contribution in [3.8, 4) is 0 Å². The average molecular weight is 261 g/mol. The first-order valence-corrected chi connectivity index (χ1v) is 7.34. The molecule has 1 aliphatic rings. The lowest BCUT2D eigenvalue weighted by Gasteiger charge is -2.34. The smallest absolute Gasteiger partial charge is 0.0110 e. The van der Waals surface area contributed by atoms with Gasteiger partial charge >= 0.3 is 0 Å². The molecule has 0 bridgehead atoms. The maximum atomic E-state index is 5.98. The highest BCUT2D eigenvalue weighted by Gasteiger charge is 2.18. The highest BCUT2D eigenvalue weighted by Crippen LogP contribution is 2.14. The molecule has 0 aromatic heterocycles. The van der Waals surface area contributed by atoms with Crippen molar-refractivity contribution in [1.29, 1.82) is 0 Å². The number of aryl methyl sites for hydroxylation is 1. The molecule has 3 heteroatoms. The van der Waals surface area contributed by atoms with Gasteiger partial charge in [0, 0.05) is 32.7 Å². The minimum Gasteiger partial charge on any atom is -0.330 e. The first kappa shape index (κ1) is 14.5. The molecule has 0 aliphatic carbocycles. The first-order valence-electron chi connectivity index (χ1n) is 7.34. The standard InChI is InChI=1S/C16H27N3/c1-14-5-3-4-6-16(14)11-15(12-17)13-19-9-7-18(2)8-10-19/h3-6,15H,7-13,17H2,1-2H3. The molecule has 106 valence electrons. The molecule has 1 aromatic carbocycles. The van der Waals surface area contributed by atoms with Crippen LogP contribution >= 0.6 is 0 Å². The zero-order valence-corrected chi connectivity index (χ0v) is 12.3. The van der Waals surface area contributed by atoms with Crippen molar-refractivity contribution in [3.63, 3.8) is 0 Å². The van der Waals surface area contributed by atoms with E-state index in [0.717, 1.165) is 19.5 Å². The van der Waals surface area contributed by atoms with E-state index in [4.69, 9.17) is 5.73 Å². The van der Waals surface area contributed by atoms with Crippen molar-refractivity contribution in [3.05, 3.63) is 35.4 Å². The average Bonchev–Trinajstić information content (AvgIpc) is 2.43. The van der Waals surface area contributed by atoms with Gasteiger partial charge in [-0.3, -0.25) is 0 Å². The van der Waals surface area contributed by atoms with E-state index in [-0.39, 0.29) is 0 Å². The Morgan fingerprint density at radius 1 is 1.16 bits per heavy atom. The van der Waals surface area contributed by atoms with E-state index in [0.29, 0.717) is 5.92 Å². The number of piperazine rings is 1. The summed E-state index contributed by atoms with van der Waals surface area (Å²) in [4.78, 5) is 4.96. The summed E-state index contributed by atoms with van der Waals surface area (Å²) in [6.45, 7) is 8.84. The van der Waals surface area contributed by atoms with Gasteiger partial charge in [0.25, 0.3) is 0 Å². The summed E-state index contributed by atoms with van der Waals surface area (Å²) in [5.74, 6) is 0.574. The van der Waals surface area contributed by atoms with Gasteiger partial charge < -0.3 is 15.5 Å². The number of nitrogens with two attached hydrogens (primary N) is 1. The number of nitrogens with zero attached hydrogens (tertiary/aromatic N) is 2. The molecule has 1 saturated heterocycles. The molecule has 0 saturated carbocycles. The lowest BCUT2D eigenvalue weighted by molar-refractivity contribution is 0.137. The third-order valence-corrected chi connectivity index (χ3v) is 4.22. The van der Waals surface area contributed by atoms with E-state index in [9.17, 15) is 0 Å². The Labute approximate surface area is 117 Å².